The fourth-order valence-corrected chi connectivity index (χ4v) is 2.30. The molecule has 1 saturated carbocycles. The summed E-state index contributed by atoms with van der Waals surface area (Å²) in [5.41, 5.74) is 3.20. The van der Waals surface area contributed by atoms with Crippen LogP contribution in [0.25, 0.3) is 5.69 Å². The second kappa shape index (κ2) is 4.21. The van der Waals surface area contributed by atoms with E-state index in [2.05, 4.69) is 10.3 Å². The third-order valence-corrected chi connectivity index (χ3v) is 3.68. The van der Waals surface area contributed by atoms with Gasteiger partial charge in [0.05, 0.1) is 11.4 Å². The monoisotopic (exact) mass is 261 g/mol. The van der Waals surface area contributed by atoms with Crippen LogP contribution in [0.2, 0.25) is 5.02 Å². The lowest BCUT2D eigenvalue weighted by atomic mass is 10.1. The lowest BCUT2D eigenvalue weighted by Crippen LogP contribution is -2.04. The quantitative estimate of drug-likeness (QED) is 0.798. The lowest BCUT2D eigenvalue weighted by molar-refractivity contribution is 0.111. The Bertz CT molecular complexity index is 617. The van der Waals surface area contributed by atoms with Crippen LogP contribution in [-0.2, 0) is 0 Å². The maximum atomic E-state index is 11.0. The molecule has 1 aromatic carbocycles. The second-order valence-corrected chi connectivity index (χ2v) is 4.96. The normalized spacial score (nSPS) is 14.8. The Kier molecular flexibility index (Phi) is 2.67. The van der Waals surface area contributed by atoms with E-state index in [0.717, 1.165) is 36.1 Å². The van der Waals surface area contributed by atoms with Gasteiger partial charge < -0.3 is 0 Å². The number of halogens is 1. The summed E-state index contributed by atoms with van der Waals surface area (Å²) in [6.45, 7) is 1.94. The smallest absolute Gasteiger partial charge is 0.172 e. The van der Waals surface area contributed by atoms with E-state index in [0.29, 0.717) is 16.6 Å². The van der Waals surface area contributed by atoms with Crippen LogP contribution < -0.4 is 0 Å². The third kappa shape index (κ3) is 1.73. The maximum absolute atomic E-state index is 11.0. The zero-order valence-electron chi connectivity index (χ0n) is 9.93. The first kappa shape index (κ1) is 11.4. The van der Waals surface area contributed by atoms with Gasteiger partial charge in [-0.05, 0) is 37.5 Å². The van der Waals surface area contributed by atoms with Crippen LogP contribution in [0.5, 0.6) is 0 Å². The zero-order valence-corrected chi connectivity index (χ0v) is 10.7. The molecule has 1 aliphatic rings. The van der Waals surface area contributed by atoms with Gasteiger partial charge in [0, 0.05) is 10.9 Å². The molecule has 0 aliphatic heterocycles. The van der Waals surface area contributed by atoms with Crippen LogP contribution in [0, 0.1) is 6.92 Å². The maximum Gasteiger partial charge on any atom is 0.172 e. The summed E-state index contributed by atoms with van der Waals surface area (Å²) in [5.74, 6) is 0.401. The summed E-state index contributed by atoms with van der Waals surface area (Å²) in [5, 5.41) is 8.73. The number of nitrogens with zero attached hydrogens (tertiary/aromatic N) is 3. The van der Waals surface area contributed by atoms with Crippen LogP contribution >= 0.6 is 11.6 Å². The number of hydrogen-bond acceptors (Lipinski definition) is 3. The van der Waals surface area contributed by atoms with E-state index < -0.39 is 0 Å². The summed E-state index contributed by atoms with van der Waals surface area (Å²) in [6.07, 6.45) is 2.96. The minimum absolute atomic E-state index is 0.401. The molecule has 18 heavy (non-hydrogen) atoms. The minimum atomic E-state index is 0.401. The predicted octanol–water partition coefficient (Wildman–Crippen LogP) is 2.92. The van der Waals surface area contributed by atoms with E-state index in [1.807, 2.05) is 25.1 Å². The van der Waals surface area contributed by atoms with Crippen LogP contribution in [0.1, 0.15) is 40.5 Å². The molecule has 0 saturated heterocycles. The molecule has 0 bridgehead atoms. The average Bonchev–Trinajstić information content (AvgIpc) is 3.12. The van der Waals surface area contributed by atoms with Crippen molar-refractivity contribution in [3.05, 3.63) is 40.2 Å². The highest BCUT2D eigenvalue weighted by atomic mass is 35.5. The van der Waals surface area contributed by atoms with Crippen molar-refractivity contribution < 1.29 is 4.79 Å². The van der Waals surface area contributed by atoms with E-state index >= 15 is 0 Å². The molecule has 0 unspecified atom stereocenters. The Morgan fingerprint density at radius 1 is 1.44 bits per heavy atom. The number of aldehydes is 1. The van der Waals surface area contributed by atoms with Crippen molar-refractivity contribution in [2.24, 2.45) is 0 Å². The van der Waals surface area contributed by atoms with Gasteiger partial charge in [-0.3, -0.25) is 4.79 Å². The molecule has 1 fully saturated rings. The number of carbonyl (C=O) groups is 1. The standard InChI is InChI=1S/C13H12ClN3O/c1-8-10(14)3-2-4-12(8)17-13(9-5-6-9)11(7-18)15-16-17/h2-4,7,9H,5-6H2,1H3. The Balaban J connectivity index is 2.19. The fraction of sp³-hybridized carbons (Fsp3) is 0.308. The first-order valence-corrected chi connectivity index (χ1v) is 6.26. The molecule has 92 valence electrons. The predicted molar refractivity (Wildman–Crippen MR) is 68.5 cm³/mol. The van der Waals surface area contributed by atoms with Gasteiger partial charge in [0.1, 0.15) is 5.69 Å². The van der Waals surface area contributed by atoms with Crippen molar-refractivity contribution in [3.8, 4) is 5.69 Å². The van der Waals surface area contributed by atoms with Gasteiger partial charge in [-0.15, -0.1) is 5.10 Å². The molecule has 0 N–H and O–H groups in total. The summed E-state index contributed by atoms with van der Waals surface area (Å²) in [7, 11) is 0. The minimum Gasteiger partial charge on any atom is -0.296 e. The molecule has 0 radical (unpaired) electrons. The summed E-state index contributed by atoms with van der Waals surface area (Å²) >= 11 is 6.12. The molecule has 1 aliphatic carbocycles. The van der Waals surface area contributed by atoms with Crippen molar-refractivity contribution in [2.75, 3.05) is 0 Å². The Hall–Kier alpha value is -1.68. The van der Waals surface area contributed by atoms with Crippen molar-refractivity contribution in [1.29, 1.82) is 0 Å². The average molecular weight is 262 g/mol. The zero-order chi connectivity index (χ0) is 12.7. The van der Waals surface area contributed by atoms with Gasteiger partial charge >= 0.3 is 0 Å². The van der Waals surface area contributed by atoms with Gasteiger partial charge in [0.15, 0.2) is 6.29 Å². The van der Waals surface area contributed by atoms with Gasteiger partial charge in [-0.25, -0.2) is 4.68 Å². The second-order valence-electron chi connectivity index (χ2n) is 4.55. The molecular weight excluding hydrogens is 250 g/mol. The van der Waals surface area contributed by atoms with Gasteiger partial charge in [0.25, 0.3) is 0 Å². The van der Waals surface area contributed by atoms with E-state index in [4.69, 9.17) is 11.6 Å². The van der Waals surface area contributed by atoms with E-state index in [1.165, 1.54) is 0 Å². The SMILES string of the molecule is Cc1c(Cl)cccc1-n1nnc(C=O)c1C1CC1. The van der Waals surface area contributed by atoms with Gasteiger partial charge in [-0.1, -0.05) is 22.9 Å². The number of carbonyl (C=O) groups excluding carboxylic acids is 1. The Morgan fingerprint density at radius 2 is 2.22 bits per heavy atom. The number of rotatable bonds is 3. The number of aromatic nitrogens is 3. The molecule has 0 spiro atoms. The van der Waals surface area contributed by atoms with Crippen molar-refractivity contribution in [3.63, 3.8) is 0 Å². The van der Waals surface area contributed by atoms with Crippen LogP contribution in [-0.4, -0.2) is 21.3 Å². The molecule has 0 amide bonds. The van der Waals surface area contributed by atoms with Crippen molar-refractivity contribution in [1.82, 2.24) is 15.0 Å². The summed E-state index contributed by atoms with van der Waals surface area (Å²) < 4.78 is 1.75. The fourth-order valence-electron chi connectivity index (χ4n) is 2.13. The summed E-state index contributed by atoms with van der Waals surface area (Å²) in [4.78, 5) is 11.0. The van der Waals surface area contributed by atoms with Crippen molar-refractivity contribution in [2.45, 2.75) is 25.7 Å². The molecule has 3 rings (SSSR count). The largest absolute Gasteiger partial charge is 0.296 e. The first-order chi connectivity index (χ1) is 8.72. The lowest BCUT2D eigenvalue weighted by Gasteiger charge is -2.09. The van der Waals surface area contributed by atoms with E-state index in [-0.39, 0.29) is 0 Å². The van der Waals surface area contributed by atoms with Crippen LogP contribution in [0.4, 0.5) is 0 Å². The highest BCUT2D eigenvalue weighted by Crippen LogP contribution is 2.42. The highest BCUT2D eigenvalue weighted by Gasteiger charge is 2.32. The van der Waals surface area contributed by atoms with Gasteiger partial charge in [-0.2, -0.15) is 0 Å². The Labute approximate surface area is 110 Å². The molecule has 1 aromatic heterocycles. The molecule has 0 atom stereocenters. The molecular formula is C13H12ClN3O. The van der Waals surface area contributed by atoms with Crippen LogP contribution in [0.15, 0.2) is 18.2 Å². The van der Waals surface area contributed by atoms with E-state index in [9.17, 15) is 4.79 Å². The topological polar surface area (TPSA) is 47.8 Å². The summed E-state index contributed by atoms with van der Waals surface area (Å²) in [6, 6.07) is 5.66. The van der Waals surface area contributed by atoms with E-state index in [1.54, 1.807) is 4.68 Å². The number of benzene rings is 1. The van der Waals surface area contributed by atoms with Gasteiger partial charge in [0.2, 0.25) is 0 Å². The number of hydrogen-bond donors (Lipinski definition) is 0. The highest BCUT2D eigenvalue weighted by molar-refractivity contribution is 6.31. The third-order valence-electron chi connectivity index (χ3n) is 3.28. The molecule has 4 nitrogen and oxygen atoms in total. The Morgan fingerprint density at radius 3 is 2.89 bits per heavy atom. The van der Waals surface area contributed by atoms with Crippen LogP contribution in [0.3, 0.4) is 0 Å². The molecule has 1 heterocycles. The molecule has 5 heteroatoms. The first-order valence-electron chi connectivity index (χ1n) is 5.88. The molecule has 2 aromatic rings. The van der Waals surface area contributed by atoms with Crippen molar-refractivity contribution >= 4 is 17.9 Å².